The Kier molecular flexibility index (Phi) is 7.29. The summed E-state index contributed by atoms with van der Waals surface area (Å²) in [5.41, 5.74) is 3.00. The Labute approximate surface area is 209 Å². The molecule has 1 aromatic heterocycles. The molecular weight excluding hydrogens is 525 g/mol. The Morgan fingerprint density at radius 3 is 2.53 bits per heavy atom. The molecule has 0 spiro atoms. The van der Waals surface area contributed by atoms with E-state index in [-0.39, 0.29) is 10.9 Å². The van der Waals surface area contributed by atoms with Crippen molar-refractivity contribution < 1.29 is 18.4 Å². The number of carbonyl (C=O) groups excluding carboxylic acids is 1. The van der Waals surface area contributed by atoms with E-state index in [0.717, 1.165) is 21.2 Å². The number of hydrogen-bond donors (Lipinski definition) is 1. The van der Waals surface area contributed by atoms with E-state index in [1.807, 2.05) is 24.3 Å². The molecule has 6 nitrogen and oxygen atoms in total. The first-order valence-electron chi connectivity index (χ1n) is 10.3. The molecule has 0 saturated heterocycles. The highest BCUT2D eigenvalue weighted by atomic mass is 79.9. The molecule has 34 heavy (non-hydrogen) atoms. The van der Waals surface area contributed by atoms with Crippen LogP contribution in [0.3, 0.4) is 0 Å². The molecule has 1 N–H and O–H groups in total. The molecule has 0 aliphatic carbocycles. The van der Waals surface area contributed by atoms with Crippen LogP contribution in [0.2, 0.25) is 5.02 Å². The van der Waals surface area contributed by atoms with Crippen molar-refractivity contribution in [1.29, 1.82) is 0 Å². The van der Waals surface area contributed by atoms with Gasteiger partial charge >= 0.3 is 0 Å². The van der Waals surface area contributed by atoms with Crippen molar-refractivity contribution in [3.05, 3.63) is 98.8 Å². The lowest BCUT2D eigenvalue weighted by Gasteiger charge is -2.17. The predicted octanol–water partition coefficient (Wildman–Crippen LogP) is 6.32. The number of amides is 1. The summed E-state index contributed by atoms with van der Waals surface area (Å²) >= 11 is 9.30. The molecule has 0 bridgehead atoms. The lowest BCUT2D eigenvalue weighted by molar-refractivity contribution is 0.0925. The normalized spacial score (nSPS) is 11.8. The standard InChI is InChI=1S/C25H20BrClFN3O3/c1-14-29-25(34-31-14)22(30-24(32)19-13-18(26)8-10-23(19)33-2)11-15-3-5-16(6-4-15)17-7-9-21(28)20(27)12-17/h3-10,12-13,22H,11H2,1-2H3,(H,30,32)/t22-/m1/s1. The molecule has 3 aromatic carbocycles. The number of hydrogen-bond acceptors (Lipinski definition) is 5. The fourth-order valence-corrected chi connectivity index (χ4v) is 4.03. The van der Waals surface area contributed by atoms with Crippen LogP contribution in [0.1, 0.15) is 33.7 Å². The fourth-order valence-electron chi connectivity index (χ4n) is 3.49. The average molecular weight is 545 g/mol. The third-order valence-corrected chi connectivity index (χ3v) is 5.98. The van der Waals surface area contributed by atoms with Gasteiger partial charge in [-0.15, -0.1) is 0 Å². The summed E-state index contributed by atoms with van der Waals surface area (Å²) < 4.78 is 24.9. The van der Waals surface area contributed by atoms with Crippen LogP contribution in [0.25, 0.3) is 11.1 Å². The van der Waals surface area contributed by atoms with Crippen LogP contribution in [0, 0.1) is 12.7 Å². The topological polar surface area (TPSA) is 77.2 Å². The summed E-state index contributed by atoms with van der Waals surface area (Å²) in [6.45, 7) is 1.71. The third kappa shape index (κ3) is 5.46. The number of rotatable bonds is 7. The van der Waals surface area contributed by atoms with Gasteiger partial charge in [-0.2, -0.15) is 4.98 Å². The second-order valence-electron chi connectivity index (χ2n) is 7.58. The SMILES string of the molecule is COc1ccc(Br)cc1C(=O)N[C@H](Cc1ccc(-c2ccc(F)c(Cl)c2)cc1)c1nc(C)no1. The summed E-state index contributed by atoms with van der Waals surface area (Å²) in [5, 5.41) is 6.91. The van der Waals surface area contributed by atoms with Gasteiger partial charge in [0.15, 0.2) is 5.82 Å². The number of carbonyl (C=O) groups is 1. The maximum atomic E-state index is 13.5. The maximum Gasteiger partial charge on any atom is 0.255 e. The van der Waals surface area contributed by atoms with Crippen molar-refractivity contribution in [2.75, 3.05) is 7.11 Å². The zero-order valence-electron chi connectivity index (χ0n) is 18.3. The Hall–Kier alpha value is -3.23. The molecule has 0 fully saturated rings. The van der Waals surface area contributed by atoms with E-state index in [4.69, 9.17) is 20.9 Å². The minimum absolute atomic E-state index is 0.0686. The van der Waals surface area contributed by atoms with Crippen LogP contribution >= 0.6 is 27.5 Å². The first-order valence-corrected chi connectivity index (χ1v) is 11.5. The van der Waals surface area contributed by atoms with E-state index in [1.165, 1.54) is 13.2 Å². The fraction of sp³-hybridized carbons (Fsp3) is 0.160. The van der Waals surface area contributed by atoms with Crippen LogP contribution in [-0.4, -0.2) is 23.2 Å². The lowest BCUT2D eigenvalue weighted by atomic mass is 10.00. The molecule has 0 saturated carbocycles. The Morgan fingerprint density at radius 1 is 1.15 bits per heavy atom. The number of nitrogens with one attached hydrogen (secondary N) is 1. The van der Waals surface area contributed by atoms with Gasteiger partial charge < -0.3 is 14.6 Å². The van der Waals surface area contributed by atoms with Gasteiger partial charge in [-0.1, -0.05) is 63.0 Å². The molecule has 1 amide bonds. The molecule has 0 radical (unpaired) electrons. The van der Waals surface area contributed by atoms with Gasteiger partial charge in [-0.05, 0) is 53.9 Å². The monoisotopic (exact) mass is 543 g/mol. The molecule has 4 rings (SSSR count). The van der Waals surface area contributed by atoms with E-state index in [1.54, 1.807) is 37.3 Å². The number of methoxy groups -OCH3 is 1. The van der Waals surface area contributed by atoms with Gasteiger partial charge in [-0.3, -0.25) is 4.79 Å². The zero-order chi connectivity index (χ0) is 24.2. The maximum absolute atomic E-state index is 13.5. The summed E-state index contributed by atoms with van der Waals surface area (Å²) in [6.07, 6.45) is 0.411. The van der Waals surface area contributed by atoms with Gasteiger partial charge in [0.2, 0.25) is 5.89 Å². The molecule has 0 aliphatic heterocycles. The lowest BCUT2D eigenvalue weighted by Crippen LogP contribution is -2.30. The van der Waals surface area contributed by atoms with Crippen molar-refractivity contribution in [3.63, 3.8) is 0 Å². The Bertz CT molecular complexity index is 1330. The van der Waals surface area contributed by atoms with Crippen molar-refractivity contribution in [1.82, 2.24) is 15.5 Å². The number of nitrogens with zero attached hydrogens (tertiary/aromatic N) is 2. The third-order valence-electron chi connectivity index (χ3n) is 5.20. The van der Waals surface area contributed by atoms with E-state index >= 15 is 0 Å². The molecule has 0 aliphatic rings. The van der Waals surface area contributed by atoms with Crippen LogP contribution in [0.4, 0.5) is 4.39 Å². The van der Waals surface area contributed by atoms with Gasteiger partial charge in [0, 0.05) is 10.9 Å². The summed E-state index contributed by atoms with van der Waals surface area (Å²) in [4.78, 5) is 17.4. The molecule has 174 valence electrons. The molecule has 4 aromatic rings. The van der Waals surface area contributed by atoms with Gasteiger partial charge in [0.25, 0.3) is 5.91 Å². The van der Waals surface area contributed by atoms with Crippen molar-refractivity contribution >= 4 is 33.4 Å². The van der Waals surface area contributed by atoms with Gasteiger partial charge in [0.1, 0.15) is 17.6 Å². The molecule has 9 heteroatoms. The molecule has 1 heterocycles. The van der Waals surface area contributed by atoms with Crippen molar-refractivity contribution in [2.24, 2.45) is 0 Å². The molecular formula is C25H20BrClFN3O3. The number of aromatic nitrogens is 2. The number of aryl methyl sites for hydroxylation is 1. The van der Waals surface area contributed by atoms with Crippen LogP contribution < -0.4 is 10.1 Å². The summed E-state index contributed by atoms with van der Waals surface area (Å²) in [5.74, 6) is 0.421. The van der Waals surface area contributed by atoms with Crippen molar-refractivity contribution in [2.45, 2.75) is 19.4 Å². The highest BCUT2D eigenvalue weighted by Gasteiger charge is 2.24. The first-order chi connectivity index (χ1) is 16.3. The smallest absolute Gasteiger partial charge is 0.255 e. The van der Waals surface area contributed by atoms with E-state index in [9.17, 15) is 9.18 Å². The highest BCUT2D eigenvalue weighted by Crippen LogP contribution is 2.27. The van der Waals surface area contributed by atoms with Crippen LogP contribution in [0.5, 0.6) is 5.75 Å². The Balaban J connectivity index is 1.58. The first kappa shape index (κ1) is 23.9. The van der Waals surface area contributed by atoms with Crippen LogP contribution in [0.15, 0.2) is 69.7 Å². The second-order valence-corrected chi connectivity index (χ2v) is 8.90. The van der Waals surface area contributed by atoms with E-state index in [0.29, 0.717) is 29.4 Å². The number of ether oxygens (including phenoxy) is 1. The molecule has 1 atom stereocenters. The predicted molar refractivity (Wildman–Crippen MR) is 130 cm³/mol. The summed E-state index contributed by atoms with van der Waals surface area (Å²) in [6, 6.07) is 16.9. The number of halogens is 3. The van der Waals surface area contributed by atoms with Crippen molar-refractivity contribution in [3.8, 4) is 16.9 Å². The van der Waals surface area contributed by atoms with Gasteiger partial charge in [0.05, 0.1) is 17.7 Å². The largest absolute Gasteiger partial charge is 0.496 e. The quantitative estimate of drug-likeness (QED) is 0.294. The van der Waals surface area contributed by atoms with Gasteiger partial charge in [-0.25, -0.2) is 4.39 Å². The Morgan fingerprint density at radius 2 is 1.88 bits per heavy atom. The second kappa shape index (κ2) is 10.4. The van der Waals surface area contributed by atoms with E-state index < -0.39 is 11.9 Å². The minimum atomic E-state index is -0.566. The zero-order valence-corrected chi connectivity index (χ0v) is 20.7. The summed E-state index contributed by atoms with van der Waals surface area (Å²) in [7, 11) is 1.51. The minimum Gasteiger partial charge on any atom is -0.496 e. The van der Waals surface area contributed by atoms with Crippen LogP contribution in [-0.2, 0) is 6.42 Å². The van der Waals surface area contributed by atoms with E-state index in [2.05, 4.69) is 31.4 Å². The number of benzene rings is 3. The molecule has 0 unspecified atom stereocenters. The average Bonchev–Trinajstić information content (AvgIpc) is 3.27. The highest BCUT2D eigenvalue weighted by molar-refractivity contribution is 9.10.